The lowest BCUT2D eigenvalue weighted by atomic mass is 10.0. The molecule has 0 bridgehead atoms. The summed E-state index contributed by atoms with van der Waals surface area (Å²) in [6, 6.07) is 0. The van der Waals surface area contributed by atoms with Crippen LogP contribution in [0.3, 0.4) is 0 Å². The molecule has 1 saturated heterocycles. The largest absolute Gasteiger partial charge is 0.381 e. The average molecular weight is 215 g/mol. The van der Waals surface area contributed by atoms with Crippen LogP contribution in [0.15, 0.2) is 0 Å². The lowest BCUT2D eigenvalue weighted by Gasteiger charge is -2.33. The first kappa shape index (κ1) is 10.8. The molecule has 1 aliphatic carbocycles. The second-order valence-corrected chi connectivity index (χ2v) is 5.19. The molecule has 0 spiro atoms. The van der Waals surface area contributed by atoms with E-state index in [0.29, 0.717) is 11.5 Å². The highest BCUT2D eigenvalue weighted by Crippen LogP contribution is 2.47. The second-order valence-electron chi connectivity index (χ2n) is 4.87. The predicted molar refractivity (Wildman–Crippen MR) is 62.0 cm³/mol. The standard InChI is InChI=1S/C11H21NOS/c1-13-10-2-6-12(7-3-10)8-11(9-14)4-5-11/h10,14H,2-9H2,1H3. The van der Waals surface area contributed by atoms with E-state index in [9.17, 15) is 0 Å². The van der Waals surface area contributed by atoms with E-state index in [2.05, 4.69) is 17.5 Å². The van der Waals surface area contributed by atoms with E-state index >= 15 is 0 Å². The van der Waals surface area contributed by atoms with E-state index in [4.69, 9.17) is 4.74 Å². The van der Waals surface area contributed by atoms with Gasteiger partial charge in [0, 0.05) is 26.7 Å². The van der Waals surface area contributed by atoms with Crippen LogP contribution in [0, 0.1) is 5.41 Å². The summed E-state index contributed by atoms with van der Waals surface area (Å²) >= 11 is 4.45. The van der Waals surface area contributed by atoms with Crippen molar-refractivity contribution in [3.05, 3.63) is 0 Å². The highest BCUT2D eigenvalue weighted by atomic mass is 32.1. The van der Waals surface area contributed by atoms with Gasteiger partial charge in [-0.1, -0.05) is 0 Å². The van der Waals surface area contributed by atoms with Gasteiger partial charge < -0.3 is 9.64 Å². The molecule has 0 unspecified atom stereocenters. The van der Waals surface area contributed by atoms with E-state index in [-0.39, 0.29) is 0 Å². The molecular formula is C11H21NOS. The fourth-order valence-corrected chi connectivity index (χ4v) is 2.74. The predicted octanol–water partition coefficient (Wildman–Crippen LogP) is 1.81. The number of hydrogen-bond acceptors (Lipinski definition) is 3. The molecule has 1 aliphatic heterocycles. The van der Waals surface area contributed by atoms with Gasteiger partial charge in [-0.25, -0.2) is 0 Å². The normalized spacial score (nSPS) is 27.9. The third kappa shape index (κ3) is 2.44. The topological polar surface area (TPSA) is 12.5 Å². The van der Waals surface area contributed by atoms with Crippen molar-refractivity contribution in [2.45, 2.75) is 31.8 Å². The smallest absolute Gasteiger partial charge is 0.0595 e. The van der Waals surface area contributed by atoms with Crippen LogP contribution < -0.4 is 0 Å². The molecule has 2 rings (SSSR count). The van der Waals surface area contributed by atoms with Crippen molar-refractivity contribution in [3.8, 4) is 0 Å². The van der Waals surface area contributed by atoms with Crippen LogP contribution in [0.2, 0.25) is 0 Å². The van der Waals surface area contributed by atoms with Crippen molar-refractivity contribution >= 4 is 12.6 Å². The SMILES string of the molecule is COC1CCN(CC2(CS)CC2)CC1. The second kappa shape index (κ2) is 4.42. The molecule has 1 heterocycles. The van der Waals surface area contributed by atoms with Gasteiger partial charge in [0.2, 0.25) is 0 Å². The van der Waals surface area contributed by atoms with Crippen LogP contribution in [0.1, 0.15) is 25.7 Å². The highest BCUT2D eigenvalue weighted by Gasteiger charge is 2.42. The Kier molecular flexibility index (Phi) is 3.40. The first-order valence-corrected chi connectivity index (χ1v) is 6.27. The molecule has 0 aromatic rings. The minimum absolute atomic E-state index is 0.511. The molecule has 2 fully saturated rings. The molecule has 0 aromatic heterocycles. The van der Waals surface area contributed by atoms with Crippen molar-refractivity contribution in [2.75, 3.05) is 32.5 Å². The highest BCUT2D eigenvalue weighted by molar-refractivity contribution is 7.80. The van der Waals surface area contributed by atoms with Gasteiger partial charge in [0.1, 0.15) is 0 Å². The number of thiol groups is 1. The number of ether oxygens (including phenoxy) is 1. The van der Waals surface area contributed by atoms with Crippen LogP contribution in [-0.2, 0) is 4.74 Å². The first-order chi connectivity index (χ1) is 6.78. The minimum atomic E-state index is 0.511. The van der Waals surface area contributed by atoms with Gasteiger partial charge in [0.25, 0.3) is 0 Å². The fraction of sp³-hybridized carbons (Fsp3) is 1.00. The van der Waals surface area contributed by atoms with Crippen molar-refractivity contribution in [2.24, 2.45) is 5.41 Å². The third-order valence-electron chi connectivity index (χ3n) is 3.72. The summed E-state index contributed by atoms with van der Waals surface area (Å²) in [4.78, 5) is 2.60. The maximum Gasteiger partial charge on any atom is 0.0595 e. The Labute approximate surface area is 92.4 Å². The lowest BCUT2D eigenvalue weighted by Crippen LogP contribution is -2.40. The molecule has 2 nitrogen and oxygen atoms in total. The molecule has 14 heavy (non-hydrogen) atoms. The summed E-state index contributed by atoms with van der Waals surface area (Å²) in [5.41, 5.74) is 0.586. The Morgan fingerprint density at radius 1 is 1.36 bits per heavy atom. The summed E-state index contributed by atoms with van der Waals surface area (Å²) in [5, 5.41) is 0. The number of piperidine rings is 1. The Hall–Kier alpha value is 0.270. The average Bonchev–Trinajstić information content (AvgIpc) is 3.00. The van der Waals surface area contributed by atoms with Crippen LogP contribution in [0.25, 0.3) is 0 Å². The van der Waals surface area contributed by atoms with Gasteiger partial charge >= 0.3 is 0 Å². The van der Waals surface area contributed by atoms with Gasteiger partial charge in [-0.2, -0.15) is 12.6 Å². The number of rotatable bonds is 4. The summed E-state index contributed by atoms with van der Waals surface area (Å²) in [6.45, 7) is 3.70. The van der Waals surface area contributed by atoms with Crippen LogP contribution in [0.5, 0.6) is 0 Å². The number of methoxy groups -OCH3 is 1. The number of hydrogen-bond donors (Lipinski definition) is 1. The fourth-order valence-electron chi connectivity index (χ4n) is 2.32. The van der Waals surface area contributed by atoms with Gasteiger partial charge in [-0.3, -0.25) is 0 Å². The Balaban J connectivity index is 1.73. The molecular weight excluding hydrogens is 194 g/mol. The minimum Gasteiger partial charge on any atom is -0.381 e. The molecule has 0 radical (unpaired) electrons. The number of likely N-dealkylation sites (tertiary alicyclic amines) is 1. The van der Waals surface area contributed by atoms with Gasteiger partial charge in [-0.05, 0) is 36.9 Å². The van der Waals surface area contributed by atoms with Crippen LogP contribution in [0.4, 0.5) is 0 Å². The van der Waals surface area contributed by atoms with Crippen LogP contribution in [-0.4, -0.2) is 43.5 Å². The van der Waals surface area contributed by atoms with Gasteiger partial charge in [0.05, 0.1) is 6.10 Å². The van der Waals surface area contributed by atoms with E-state index < -0.39 is 0 Å². The van der Waals surface area contributed by atoms with Crippen molar-refractivity contribution < 1.29 is 4.74 Å². The maximum atomic E-state index is 5.37. The molecule has 82 valence electrons. The van der Waals surface area contributed by atoms with E-state index in [1.807, 2.05) is 7.11 Å². The third-order valence-corrected chi connectivity index (χ3v) is 4.39. The van der Waals surface area contributed by atoms with E-state index in [0.717, 1.165) is 5.75 Å². The van der Waals surface area contributed by atoms with Crippen molar-refractivity contribution in [3.63, 3.8) is 0 Å². The van der Waals surface area contributed by atoms with Gasteiger partial charge in [0.15, 0.2) is 0 Å². The van der Waals surface area contributed by atoms with E-state index in [1.54, 1.807) is 0 Å². The summed E-state index contributed by atoms with van der Waals surface area (Å²) < 4.78 is 5.37. The molecule has 2 aliphatic rings. The van der Waals surface area contributed by atoms with Gasteiger partial charge in [-0.15, -0.1) is 0 Å². The Morgan fingerprint density at radius 2 is 2.00 bits per heavy atom. The zero-order valence-corrected chi connectivity index (χ0v) is 9.93. The molecule has 0 N–H and O–H groups in total. The zero-order chi connectivity index (χ0) is 10.0. The van der Waals surface area contributed by atoms with Crippen molar-refractivity contribution in [1.82, 2.24) is 4.90 Å². The maximum absolute atomic E-state index is 5.37. The molecule has 0 amide bonds. The lowest BCUT2D eigenvalue weighted by molar-refractivity contribution is 0.0362. The number of nitrogens with zero attached hydrogens (tertiary/aromatic N) is 1. The Morgan fingerprint density at radius 3 is 2.43 bits per heavy atom. The molecule has 0 atom stereocenters. The van der Waals surface area contributed by atoms with Crippen molar-refractivity contribution in [1.29, 1.82) is 0 Å². The summed E-state index contributed by atoms with van der Waals surface area (Å²) in [5.74, 6) is 1.07. The zero-order valence-electron chi connectivity index (χ0n) is 9.04. The quantitative estimate of drug-likeness (QED) is 0.718. The summed E-state index contributed by atoms with van der Waals surface area (Å²) in [7, 11) is 1.83. The molecule has 1 saturated carbocycles. The monoisotopic (exact) mass is 215 g/mol. The molecule has 0 aromatic carbocycles. The van der Waals surface area contributed by atoms with Crippen LogP contribution >= 0.6 is 12.6 Å². The first-order valence-electron chi connectivity index (χ1n) is 5.64. The summed E-state index contributed by atoms with van der Waals surface area (Å²) in [6.07, 6.45) is 5.71. The Bertz CT molecular complexity index is 186. The van der Waals surface area contributed by atoms with E-state index in [1.165, 1.54) is 45.3 Å². The molecule has 3 heteroatoms.